The van der Waals surface area contributed by atoms with E-state index in [4.69, 9.17) is 43.0 Å². The van der Waals surface area contributed by atoms with Gasteiger partial charge in [0.1, 0.15) is 59.5 Å². The summed E-state index contributed by atoms with van der Waals surface area (Å²) in [7, 11) is 0. The fraction of sp³-hybridized carbons (Fsp3) is 0.477. The number of nitrogens with one attached hydrogen (secondary N) is 3. The quantitative estimate of drug-likeness (QED) is 0.00454. The molecule has 2 aromatic heterocycles. The number of imidazole rings is 1. The average molecular weight is 1940 g/mol. The molecule has 8 aromatic rings. The standard InChI is InChI=1S/C16H22N2O3S.C15H13NO.C14H23NO6.C13H21NO6.C12H20O4.C10H9NO2.2C10H14.C6H12O2.CH4/c1-4-16(2,3)14(20)21-9-11(19)10-22-15-17-12-7-5-6-8-13(12)18-15;1-2-16-13-9-5-3-7-11(13)15(17)12-8-4-6-10-14(12)16;1-5-11(4)13(17)20-8-9-21-14(18)15-6-7-19-12(16)10(2)3;1-4-10(3)12(16)19-8-9-20-13(17)14-6-7-18-11(15)5-2;1-6-12(4,5)11(14)16-8-7-15-10(13)9(2)3;1-2-11-9(12)7-5-3-4-6-8(7)10(11)13;2*1-3-9(2)10-7-5-4-6-8-10;1-4-6(2,3)5(7)8;/h5-8,11,19H,4,9-10H2,1-3H3,(H,17,18);3-10H,2H2,1H3;11H,2,5-9H2,1,3-4H3,(H,15,18);5,10H,2,4,6-9H2,1,3H3,(H,14,17);2,6-8H2,1,3-5H3;3-6H,2H2,1H3;2*4-9H,3H2,1-2H3;4H2,1-3H3,(H,7,8);1H4. The van der Waals surface area contributed by atoms with Crippen LogP contribution in [0.4, 0.5) is 9.59 Å². The van der Waals surface area contributed by atoms with Gasteiger partial charge in [-0.3, -0.25) is 43.3 Å². The molecule has 5 unspecified atom stereocenters. The van der Waals surface area contributed by atoms with Crippen LogP contribution in [0.3, 0.4) is 0 Å². The van der Waals surface area contributed by atoms with Crippen LogP contribution in [-0.2, 0) is 87.5 Å². The third-order valence-electron chi connectivity index (χ3n) is 21.7. The Kier molecular flexibility index (Phi) is 62.0. The van der Waals surface area contributed by atoms with E-state index < -0.39 is 58.4 Å². The van der Waals surface area contributed by atoms with Gasteiger partial charge in [0.15, 0.2) is 10.6 Å². The zero-order valence-electron chi connectivity index (χ0n) is 84.1. The van der Waals surface area contributed by atoms with E-state index in [0.717, 1.165) is 50.6 Å². The fourth-order valence-electron chi connectivity index (χ4n) is 10.7. The third kappa shape index (κ3) is 47.3. The molecule has 3 heterocycles. The lowest BCUT2D eigenvalue weighted by Gasteiger charge is -2.21. The fourth-order valence-corrected chi connectivity index (χ4v) is 11.4. The Labute approximate surface area is 819 Å². The Hall–Kier alpha value is -12.8. The van der Waals surface area contributed by atoms with E-state index in [1.165, 1.54) is 47.6 Å². The highest BCUT2D eigenvalue weighted by Gasteiger charge is 2.34. The van der Waals surface area contributed by atoms with Crippen LogP contribution in [0.1, 0.15) is 241 Å². The van der Waals surface area contributed by atoms with Crippen molar-refractivity contribution in [2.45, 2.75) is 227 Å². The monoisotopic (exact) mass is 1940 g/mol. The summed E-state index contributed by atoms with van der Waals surface area (Å²) in [5.74, 6) is -2.28. The van der Waals surface area contributed by atoms with E-state index in [0.29, 0.717) is 78.5 Å². The number of thioether (sulfide) groups is 1. The molecule has 5 atom stereocenters. The van der Waals surface area contributed by atoms with E-state index in [2.05, 4.69) is 145 Å². The molecule has 5 N–H and O–H groups in total. The van der Waals surface area contributed by atoms with E-state index in [1.807, 2.05) is 135 Å². The normalized spacial score (nSPS) is 12.0. The first-order valence-electron chi connectivity index (χ1n) is 46.4. The van der Waals surface area contributed by atoms with E-state index in [-0.39, 0.29) is 133 Å². The van der Waals surface area contributed by atoms with Gasteiger partial charge in [-0.2, -0.15) is 0 Å². The molecule has 138 heavy (non-hydrogen) atoms. The number of amides is 4. The number of fused-ring (bicyclic) bond motifs is 4. The number of benzene rings is 6. The number of pyridine rings is 1. The first kappa shape index (κ1) is 125. The second-order valence-corrected chi connectivity index (χ2v) is 34.5. The van der Waals surface area contributed by atoms with Crippen LogP contribution in [0.25, 0.3) is 32.8 Å². The molecule has 760 valence electrons. The highest BCUT2D eigenvalue weighted by Crippen LogP contribution is 2.27. The molecular weight excluding hydrogens is 1790 g/mol. The largest absolute Gasteiger partial charge is 0.481 e. The third-order valence-corrected chi connectivity index (χ3v) is 22.7. The molecule has 1 aliphatic rings. The maximum absolute atomic E-state index is 12.3. The summed E-state index contributed by atoms with van der Waals surface area (Å²) >= 11 is 1.41. The topological polar surface area (TPSA) is 406 Å². The number of carboxylic acid groups (broad SMARTS) is 1. The minimum absolute atomic E-state index is 0. The van der Waals surface area contributed by atoms with Gasteiger partial charge in [0.25, 0.3) is 11.8 Å². The number of rotatable bonds is 39. The number of alkyl carbamates (subject to hydrolysis) is 2. The minimum atomic E-state index is -0.722. The van der Waals surface area contributed by atoms with Crippen LogP contribution in [0.15, 0.2) is 205 Å². The number of nitrogens with zero attached hydrogens (tertiary/aromatic N) is 3. The molecular formula is C107H152N6O24S. The predicted molar refractivity (Wildman–Crippen MR) is 543 cm³/mol. The number of imide groups is 1. The van der Waals surface area contributed by atoms with E-state index in [1.54, 1.807) is 65.8 Å². The summed E-state index contributed by atoms with van der Waals surface area (Å²) in [5.41, 5.74) is 7.05. The second-order valence-electron chi connectivity index (χ2n) is 33.5. The van der Waals surface area contributed by atoms with Gasteiger partial charge in [-0.05, 0) is 186 Å². The van der Waals surface area contributed by atoms with Crippen LogP contribution in [-0.4, -0.2) is 192 Å². The summed E-state index contributed by atoms with van der Waals surface area (Å²) in [6, 6.07) is 51.5. The number of para-hydroxylation sites is 4. The lowest BCUT2D eigenvalue weighted by atomic mass is 9.91. The number of aryl methyl sites for hydroxylation is 1. The molecule has 0 fully saturated rings. The van der Waals surface area contributed by atoms with Crippen molar-refractivity contribution in [3.63, 3.8) is 0 Å². The van der Waals surface area contributed by atoms with Crippen molar-refractivity contribution in [2.24, 2.45) is 28.1 Å². The highest BCUT2D eigenvalue weighted by molar-refractivity contribution is 7.99. The molecule has 6 aromatic carbocycles. The lowest BCUT2D eigenvalue weighted by molar-refractivity contribution is -0.158. The van der Waals surface area contributed by atoms with Crippen molar-refractivity contribution >= 4 is 116 Å². The number of aliphatic hydroxyl groups is 1. The number of hydrogen-bond donors (Lipinski definition) is 5. The van der Waals surface area contributed by atoms with Gasteiger partial charge in [-0.25, -0.2) is 29.0 Å². The van der Waals surface area contributed by atoms with E-state index in [9.17, 15) is 67.4 Å². The van der Waals surface area contributed by atoms with Crippen LogP contribution in [0, 0.1) is 28.1 Å². The predicted octanol–water partition coefficient (Wildman–Crippen LogP) is 20.6. The number of aromatic amines is 1. The molecule has 31 heteroatoms. The maximum atomic E-state index is 12.3. The minimum Gasteiger partial charge on any atom is -0.481 e. The van der Waals surface area contributed by atoms with Crippen molar-refractivity contribution in [3.8, 4) is 0 Å². The van der Waals surface area contributed by atoms with Crippen LogP contribution in [0.2, 0.25) is 0 Å². The molecule has 0 spiro atoms. The average Bonchev–Trinajstić information content (AvgIpc) is 1.20. The number of carbonyl (C=O) groups is 12. The van der Waals surface area contributed by atoms with Gasteiger partial charge in [-0.1, -0.05) is 224 Å². The number of hydrogen-bond acceptors (Lipinski definition) is 25. The van der Waals surface area contributed by atoms with Crippen molar-refractivity contribution < 1.29 is 110 Å². The van der Waals surface area contributed by atoms with Crippen molar-refractivity contribution in [1.29, 1.82) is 0 Å². The first-order valence-corrected chi connectivity index (χ1v) is 47.4. The number of H-pyrrole nitrogens is 1. The zero-order valence-corrected chi connectivity index (χ0v) is 84.9. The lowest BCUT2D eigenvalue weighted by Crippen LogP contribution is -2.30. The number of aliphatic hydroxyl groups excluding tert-OH is 1. The number of aliphatic carboxylic acids is 1. The Bertz CT molecular complexity index is 4990. The summed E-state index contributed by atoms with van der Waals surface area (Å²) in [6.45, 7) is 51.6. The van der Waals surface area contributed by atoms with Crippen LogP contribution in [0.5, 0.6) is 0 Å². The second kappa shape index (κ2) is 68.3. The number of carbonyl (C=O) groups excluding carboxylic acids is 11. The van der Waals surface area contributed by atoms with Crippen LogP contribution < -0.4 is 16.1 Å². The molecule has 0 saturated carbocycles. The zero-order chi connectivity index (χ0) is 103. The Morgan fingerprint density at radius 1 is 0.471 bits per heavy atom. The number of aromatic nitrogens is 3. The first-order chi connectivity index (χ1) is 64.9. The van der Waals surface area contributed by atoms with Gasteiger partial charge in [0.05, 0.1) is 80.5 Å². The Balaban J connectivity index is 0.00000155. The molecule has 0 saturated heterocycles. The molecule has 1 aliphatic heterocycles. The molecule has 0 aliphatic carbocycles. The highest BCUT2D eigenvalue weighted by atomic mass is 32.2. The van der Waals surface area contributed by atoms with Gasteiger partial charge < -0.3 is 73.0 Å². The van der Waals surface area contributed by atoms with Crippen molar-refractivity contribution in [3.05, 3.63) is 227 Å². The van der Waals surface area contributed by atoms with Gasteiger partial charge in [-0.15, -0.1) is 0 Å². The van der Waals surface area contributed by atoms with Crippen LogP contribution >= 0.6 is 11.8 Å². The molecule has 30 nitrogen and oxygen atoms in total. The summed E-state index contributed by atoms with van der Waals surface area (Å²) < 4.78 is 45.9. The summed E-state index contributed by atoms with van der Waals surface area (Å²) in [4.78, 5) is 156. The summed E-state index contributed by atoms with van der Waals surface area (Å²) in [6.07, 6.45) is 4.93. The number of ether oxygens (including phenoxy) is 9. The van der Waals surface area contributed by atoms with Gasteiger partial charge >= 0.3 is 59.9 Å². The SMILES string of the molecule is C.C=C(C)C(=O)OCCNC(=O)OCCOC(=O)C(C)CC.C=C(C)C(=O)OCCOC(=O)C(C)(C)CC.C=CC(=O)OCCNC(=O)OCCOC(=O)C(C)CC.CCC(C)(C)C(=O)O.CCC(C)(C)C(=O)OCC(O)CSc1nc2ccccc2[nH]1.CCC(C)c1ccccc1.CCC(C)c1ccccc1.CCN1C(=O)c2ccccc2C1=O.CCn1c2ccccc2c(=O)c2ccccc21. The van der Waals surface area contributed by atoms with Crippen molar-refractivity contribution in [1.82, 2.24) is 30.1 Å². The van der Waals surface area contributed by atoms with Crippen molar-refractivity contribution in [2.75, 3.05) is 84.8 Å². The van der Waals surface area contributed by atoms with E-state index >= 15 is 0 Å². The Morgan fingerprint density at radius 2 is 0.848 bits per heavy atom. The number of esters is 7. The maximum Gasteiger partial charge on any atom is 0.407 e. The Morgan fingerprint density at radius 3 is 1.23 bits per heavy atom. The molecule has 0 bridgehead atoms. The smallest absolute Gasteiger partial charge is 0.407 e. The molecule has 4 amide bonds. The molecule has 9 rings (SSSR count). The van der Waals surface area contributed by atoms with Gasteiger partial charge in [0.2, 0.25) is 0 Å². The number of carboxylic acids is 1. The molecule has 0 radical (unpaired) electrons. The summed E-state index contributed by atoms with van der Waals surface area (Å²) in [5, 5.41) is 25.5. The van der Waals surface area contributed by atoms with Gasteiger partial charge in [0, 0.05) is 46.8 Å².